The largest absolute Gasteiger partial charge is 0.493 e. The number of esters is 1. The van der Waals surface area contributed by atoms with Gasteiger partial charge in [0.15, 0.2) is 17.6 Å². The summed E-state index contributed by atoms with van der Waals surface area (Å²) in [7, 11) is 3.10. The van der Waals surface area contributed by atoms with Crippen molar-refractivity contribution in [2.45, 2.75) is 26.2 Å². The third kappa shape index (κ3) is 6.49. The van der Waals surface area contributed by atoms with Crippen molar-refractivity contribution in [2.75, 3.05) is 14.2 Å². The summed E-state index contributed by atoms with van der Waals surface area (Å²) in [6.45, 7) is 2.08. The van der Waals surface area contributed by atoms with Gasteiger partial charge in [-0.3, -0.25) is 4.79 Å². The van der Waals surface area contributed by atoms with Gasteiger partial charge < -0.3 is 24.3 Å². The maximum absolute atomic E-state index is 12.7. The molecule has 0 fully saturated rings. The topological polar surface area (TPSA) is 83.1 Å². The molecule has 1 amide bonds. The third-order valence-electron chi connectivity index (χ3n) is 4.91. The normalized spacial score (nSPS) is 11.2. The fourth-order valence-electron chi connectivity index (χ4n) is 3.10. The number of para-hydroxylation sites is 1. The van der Waals surface area contributed by atoms with Gasteiger partial charge in [0.2, 0.25) is 0 Å². The van der Waals surface area contributed by atoms with Gasteiger partial charge in [-0.2, -0.15) is 0 Å². The highest BCUT2D eigenvalue weighted by atomic mass is 16.5. The highest BCUT2D eigenvalue weighted by Gasteiger charge is 2.21. The van der Waals surface area contributed by atoms with Crippen LogP contribution in [0.25, 0.3) is 0 Å². The molecule has 1 N–H and O–H groups in total. The molecule has 0 aliphatic carbocycles. The lowest BCUT2D eigenvalue weighted by atomic mass is 10.2. The molecule has 3 aromatic rings. The van der Waals surface area contributed by atoms with Crippen LogP contribution in [-0.2, 0) is 22.7 Å². The molecule has 0 heterocycles. The van der Waals surface area contributed by atoms with Crippen molar-refractivity contribution < 1.29 is 28.5 Å². The number of rotatable bonds is 10. The summed E-state index contributed by atoms with van der Waals surface area (Å²) < 4.78 is 21.7. The Morgan fingerprint density at radius 3 is 2.24 bits per heavy atom. The van der Waals surface area contributed by atoms with Gasteiger partial charge in [-0.05, 0) is 42.3 Å². The van der Waals surface area contributed by atoms with Crippen LogP contribution in [0.1, 0.15) is 28.4 Å². The van der Waals surface area contributed by atoms with E-state index < -0.39 is 18.0 Å². The highest BCUT2D eigenvalue weighted by molar-refractivity contribution is 5.94. The van der Waals surface area contributed by atoms with Gasteiger partial charge >= 0.3 is 5.97 Å². The molecule has 3 rings (SSSR count). The number of carbonyl (C=O) groups excluding carboxylic acids is 2. The van der Waals surface area contributed by atoms with E-state index in [1.165, 1.54) is 6.92 Å². The minimum atomic E-state index is -0.986. The summed E-state index contributed by atoms with van der Waals surface area (Å²) in [6, 6.07) is 21.8. The first-order valence-corrected chi connectivity index (χ1v) is 10.5. The van der Waals surface area contributed by atoms with Crippen LogP contribution in [0.3, 0.4) is 0 Å². The van der Waals surface area contributed by atoms with Gasteiger partial charge in [-0.15, -0.1) is 0 Å². The van der Waals surface area contributed by atoms with Crippen molar-refractivity contribution in [1.82, 2.24) is 5.32 Å². The molecule has 0 aromatic heterocycles. The highest BCUT2D eigenvalue weighted by Crippen LogP contribution is 2.27. The van der Waals surface area contributed by atoms with Gasteiger partial charge in [0.1, 0.15) is 17.9 Å². The van der Waals surface area contributed by atoms with E-state index in [9.17, 15) is 9.59 Å². The van der Waals surface area contributed by atoms with Crippen molar-refractivity contribution in [3.63, 3.8) is 0 Å². The number of hydrogen-bond donors (Lipinski definition) is 1. The van der Waals surface area contributed by atoms with E-state index >= 15 is 0 Å². The zero-order valence-electron chi connectivity index (χ0n) is 18.9. The van der Waals surface area contributed by atoms with Gasteiger partial charge in [-0.1, -0.05) is 48.5 Å². The van der Waals surface area contributed by atoms with Crippen molar-refractivity contribution in [3.05, 3.63) is 89.5 Å². The summed E-state index contributed by atoms with van der Waals surface area (Å²) in [5, 5.41) is 2.76. The van der Waals surface area contributed by atoms with E-state index in [0.717, 1.165) is 11.1 Å². The minimum Gasteiger partial charge on any atom is -0.493 e. The summed E-state index contributed by atoms with van der Waals surface area (Å²) in [5.74, 6) is 0.511. The molecule has 0 spiro atoms. The molecule has 0 saturated heterocycles. The zero-order chi connectivity index (χ0) is 23.6. The lowest BCUT2D eigenvalue weighted by Gasteiger charge is -2.16. The Balaban J connectivity index is 1.57. The Bertz CT molecular complexity index is 1080. The SMILES string of the molecule is COc1ccc(CNC(=O)C(C)OC(=O)c2ccccc2OCc2ccccc2)cc1OC. The maximum atomic E-state index is 12.7. The molecule has 1 unspecified atom stereocenters. The van der Waals surface area contributed by atoms with Crippen LogP contribution in [0.4, 0.5) is 0 Å². The van der Waals surface area contributed by atoms with Crippen LogP contribution >= 0.6 is 0 Å². The smallest absolute Gasteiger partial charge is 0.342 e. The van der Waals surface area contributed by atoms with E-state index in [2.05, 4.69) is 5.32 Å². The average molecular weight is 450 g/mol. The molecule has 33 heavy (non-hydrogen) atoms. The van der Waals surface area contributed by atoms with Crippen LogP contribution in [0, 0.1) is 0 Å². The number of benzene rings is 3. The first-order chi connectivity index (χ1) is 16.0. The number of hydrogen-bond acceptors (Lipinski definition) is 6. The molecule has 0 aliphatic heterocycles. The minimum absolute atomic E-state index is 0.248. The lowest BCUT2D eigenvalue weighted by Crippen LogP contribution is -2.35. The molecule has 7 heteroatoms. The second kappa shape index (κ2) is 11.6. The van der Waals surface area contributed by atoms with Crippen LogP contribution in [0.2, 0.25) is 0 Å². The molecule has 7 nitrogen and oxygen atoms in total. The summed E-state index contributed by atoms with van der Waals surface area (Å²) >= 11 is 0. The molecule has 0 radical (unpaired) electrons. The maximum Gasteiger partial charge on any atom is 0.342 e. The van der Waals surface area contributed by atoms with E-state index in [0.29, 0.717) is 23.9 Å². The Hall–Kier alpha value is -4.00. The monoisotopic (exact) mass is 449 g/mol. The summed E-state index contributed by atoms with van der Waals surface area (Å²) in [6.07, 6.45) is -0.986. The number of carbonyl (C=O) groups is 2. The van der Waals surface area contributed by atoms with Crippen LogP contribution < -0.4 is 19.5 Å². The van der Waals surface area contributed by atoms with Gasteiger partial charge in [0.25, 0.3) is 5.91 Å². The van der Waals surface area contributed by atoms with Crippen LogP contribution in [-0.4, -0.2) is 32.2 Å². The fraction of sp³-hybridized carbons (Fsp3) is 0.231. The van der Waals surface area contributed by atoms with E-state index in [-0.39, 0.29) is 12.1 Å². The van der Waals surface area contributed by atoms with Crippen molar-refractivity contribution >= 4 is 11.9 Å². The molecular weight excluding hydrogens is 422 g/mol. The lowest BCUT2D eigenvalue weighted by molar-refractivity contribution is -0.129. The van der Waals surface area contributed by atoms with Crippen LogP contribution in [0.5, 0.6) is 17.2 Å². The molecule has 0 aliphatic rings. The van der Waals surface area contributed by atoms with E-state index in [1.807, 2.05) is 36.4 Å². The number of amides is 1. The standard InChI is InChI=1S/C26H27NO6/c1-18(25(28)27-16-20-13-14-23(30-2)24(15-20)31-3)33-26(29)21-11-7-8-12-22(21)32-17-19-9-5-4-6-10-19/h4-15,18H,16-17H2,1-3H3,(H,27,28). The molecular formula is C26H27NO6. The first kappa shape index (κ1) is 23.7. The number of nitrogens with one attached hydrogen (secondary N) is 1. The van der Waals surface area contributed by atoms with Gasteiger partial charge in [-0.25, -0.2) is 4.79 Å². The van der Waals surface area contributed by atoms with Crippen molar-refractivity contribution in [1.29, 1.82) is 0 Å². The molecule has 1 atom stereocenters. The molecule has 3 aromatic carbocycles. The Kier molecular flexibility index (Phi) is 8.30. The predicted molar refractivity (Wildman–Crippen MR) is 123 cm³/mol. The fourth-order valence-corrected chi connectivity index (χ4v) is 3.10. The predicted octanol–water partition coefficient (Wildman–Crippen LogP) is 4.14. The van der Waals surface area contributed by atoms with Crippen LogP contribution in [0.15, 0.2) is 72.8 Å². The Morgan fingerprint density at radius 1 is 0.818 bits per heavy atom. The second-order valence-electron chi connectivity index (χ2n) is 7.23. The summed E-state index contributed by atoms with van der Waals surface area (Å²) in [4.78, 5) is 25.2. The van der Waals surface area contributed by atoms with E-state index in [1.54, 1.807) is 50.6 Å². The Labute approximate surface area is 193 Å². The quantitative estimate of drug-likeness (QED) is 0.469. The Morgan fingerprint density at radius 2 is 1.52 bits per heavy atom. The number of methoxy groups -OCH3 is 2. The van der Waals surface area contributed by atoms with Crippen molar-refractivity contribution in [3.8, 4) is 17.2 Å². The third-order valence-corrected chi connectivity index (χ3v) is 4.91. The molecule has 172 valence electrons. The second-order valence-corrected chi connectivity index (χ2v) is 7.23. The zero-order valence-corrected chi connectivity index (χ0v) is 18.9. The summed E-state index contributed by atoms with van der Waals surface area (Å²) in [5.41, 5.74) is 2.05. The first-order valence-electron chi connectivity index (χ1n) is 10.5. The van der Waals surface area contributed by atoms with Gasteiger partial charge in [0.05, 0.1) is 14.2 Å². The number of ether oxygens (including phenoxy) is 4. The molecule has 0 bridgehead atoms. The van der Waals surface area contributed by atoms with Gasteiger partial charge in [0, 0.05) is 6.54 Å². The molecule has 0 saturated carbocycles. The average Bonchev–Trinajstić information content (AvgIpc) is 2.86. The van der Waals surface area contributed by atoms with Crippen molar-refractivity contribution in [2.24, 2.45) is 0 Å². The van der Waals surface area contributed by atoms with E-state index in [4.69, 9.17) is 18.9 Å².